The van der Waals surface area contributed by atoms with Gasteiger partial charge in [0.2, 0.25) is 0 Å². The van der Waals surface area contributed by atoms with E-state index in [-0.39, 0.29) is 0 Å². The molecule has 0 aliphatic heterocycles. The first-order valence-electron chi connectivity index (χ1n) is 6.14. The Morgan fingerprint density at radius 2 is 1.84 bits per heavy atom. The van der Waals surface area contributed by atoms with Crippen LogP contribution in [0.15, 0.2) is 48.5 Å². The molecule has 1 atom stereocenters. The van der Waals surface area contributed by atoms with Crippen LogP contribution in [0.4, 0.5) is 11.4 Å². The number of hydrogen-bond acceptors (Lipinski definition) is 3. The molecule has 3 nitrogen and oxygen atoms in total. The minimum absolute atomic E-state index is 0.575. The van der Waals surface area contributed by atoms with Crippen molar-refractivity contribution in [2.75, 3.05) is 11.9 Å². The Balaban J connectivity index is 2.51. The maximum atomic E-state index is 9.85. The summed E-state index contributed by atoms with van der Waals surface area (Å²) in [6.07, 6.45) is -0.575. The third-order valence-electron chi connectivity index (χ3n) is 3.11. The zero-order chi connectivity index (χ0) is 13.8. The summed E-state index contributed by atoms with van der Waals surface area (Å²) in [5.41, 5.74) is 3.26. The van der Waals surface area contributed by atoms with Gasteiger partial charge in [-0.2, -0.15) is 5.26 Å². The summed E-state index contributed by atoms with van der Waals surface area (Å²) in [5, 5.41) is 18.9. The molecule has 0 spiro atoms. The maximum Gasteiger partial charge on any atom is 0.0992 e. The van der Waals surface area contributed by atoms with E-state index in [0.29, 0.717) is 5.56 Å². The van der Waals surface area contributed by atoms with Gasteiger partial charge in [-0.3, -0.25) is 0 Å². The number of benzene rings is 2. The van der Waals surface area contributed by atoms with Gasteiger partial charge in [-0.25, -0.2) is 0 Å². The second-order valence-electron chi connectivity index (χ2n) is 4.46. The van der Waals surface area contributed by atoms with Crippen molar-refractivity contribution in [2.24, 2.45) is 0 Å². The average molecular weight is 252 g/mol. The minimum atomic E-state index is -0.575. The Kier molecular flexibility index (Phi) is 3.84. The van der Waals surface area contributed by atoms with E-state index in [0.717, 1.165) is 16.9 Å². The van der Waals surface area contributed by atoms with Crippen molar-refractivity contribution in [3.8, 4) is 6.07 Å². The Labute approximate surface area is 113 Å². The SMILES string of the molecule is CC(O)c1ccc(C#N)cc1N(C)c1ccccc1. The Hall–Kier alpha value is -2.31. The molecule has 2 rings (SSSR count). The van der Waals surface area contributed by atoms with E-state index in [4.69, 9.17) is 5.26 Å². The summed E-state index contributed by atoms with van der Waals surface area (Å²) < 4.78 is 0. The van der Waals surface area contributed by atoms with Gasteiger partial charge in [0.1, 0.15) is 0 Å². The first-order chi connectivity index (χ1) is 9.13. The molecule has 1 unspecified atom stereocenters. The van der Waals surface area contributed by atoms with Crippen molar-refractivity contribution in [3.63, 3.8) is 0 Å². The number of aliphatic hydroxyl groups is 1. The summed E-state index contributed by atoms with van der Waals surface area (Å²) in [7, 11) is 1.93. The summed E-state index contributed by atoms with van der Waals surface area (Å²) in [6, 6.07) is 17.3. The predicted octanol–water partition coefficient (Wildman–Crippen LogP) is 3.38. The molecule has 2 aromatic carbocycles. The molecule has 0 radical (unpaired) electrons. The number of nitrogens with zero attached hydrogens (tertiary/aromatic N) is 2. The highest BCUT2D eigenvalue weighted by atomic mass is 16.3. The highest BCUT2D eigenvalue weighted by Crippen LogP contribution is 2.31. The molecule has 0 heterocycles. The third kappa shape index (κ3) is 2.75. The highest BCUT2D eigenvalue weighted by Gasteiger charge is 2.13. The summed E-state index contributed by atoms with van der Waals surface area (Å²) in [6.45, 7) is 1.73. The van der Waals surface area contributed by atoms with Crippen LogP contribution in [0.1, 0.15) is 24.2 Å². The highest BCUT2D eigenvalue weighted by molar-refractivity contribution is 5.67. The first-order valence-corrected chi connectivity index (χ1v) is 6.14. The lowest BCUT2D eigenvalue weighted by Gasteiger charge is -2.24. The molecule has 0 bridgehead atoms. The number of anilines is 2. The predicted molar refractivity (Wildman–Crippen MR) is 76.3 cm³/mol. The number of para-hydroxylation sites is 1. The number of rotatable bonds is 3. The molecule has 2 aromatic rings. The Bertz CT molecular complexity index is 600. The van der Waals surface area contributed by atoms with E-state index in [1.165, 1.54) is 0 Å². The lowest BCUT2D eigenvalue weighted by molar-refractivity contribution is 0.200. The lowest BCUT2D eigenvalue weighted by Crippen LogP contribution is -2.13. The smallest absolute Gasteiger partial charge is 0.0992 e. The fraction of sp³-hybridized carbons (Fsp3) is 0.188. The molecule has 96 valence electrons. The first kappa shape index (κ1) is 13.1. The summed E-state index contributed by atoms with van der Waals surface area (Å²) >= 11 is 0. The van der Waals surface area contributed by atoms with Crippen LogP contribution in [0, 0.1) is 11.3 Å². The average Bonchev–Trinajstić information content (AvgIpc) is 2.46. The molecule has 1 N–H and O–H groups in total. The van der Waals surface area contributed by atoms with Crippen LogP contribution >= 0.6 is 0 Å². The Morgan fingerprint density at radius 1 is 1.16 bits per heavy atom. The number of hydrogen-bond donors (Lipinski definition) is 1. The zero-order valence-corrected chi connectivity index (χ0v) is 11.0. The van der Waals surface area contributed by atoms with E-state index in [1.54, 1.807) is 25.1 Å². The van der Waals surface area contributed by atoms with Crippen LogP contribution in [-0.2, 0) is 0 Å². The van der Waals surface area contributed by atoms with E-state index in [1.807, 2.05) is 42.3 Å². The molecule has 0 amide bonds. The fourth-order valence-electron chi connectivity index (χ4n) is 2.05. The second kappa shape index (κ2) is 5.55. The van der Waals surface area contributed by atoms with Crippen LogP contribution in [0.25, 0.3) is 0 Å². The molecule has 0 saturated carbocycles. The van der Waals surface area contributed by atoms with E-state index < -0.39 is 6.10 Å². The third-order valence-corrected chi connectivity index (χ3v) is 3.11. The molecular formula is C16H16N2O. The van der Waals surface area contributed by atoms with E-state index in [9.17, 15) is 5.11 Å². The maximum absolute atomic E-state index is 9.85. The van der Waals surface area contributed by atoms with Gasteiger partial charge in [-0.05, 0) is 31.2 Å². The van der Waals surface area contributed by atoms with Gasteiger partial charge in [0.25, 0.3) is 0 Å². The van der Waals surface area contributed by atoms with Crippen LogP contribution in [0.5, 0.6) is 0 Å². The van der Waals surface area contributed by atoms with Crippen molar-refractivity contribution >= 4 is 11.4 Å². The fourth-order valence-corrected chi connectivity index (χ4v) is 2.05. The molecule has 0 fully saturated rings. The lowest BCUT2D eigenvalue weighted by atomic mass is 10.0. The van der Waals surface area contributed by atoms with E-state index in [2.05, 4.69) is 6.07 Å². The van der Waals surface area contributed by atoms with Gasteiger partial charge in [0.05, 0.1) is 17.7 Å². The van der Waals surface area contributed by atoms with Gasteiger partial charge in [-0.1, -0.05) is 24.3 Å². The van der Waals surface area contributed by atoms with Gasteiger partial charge >= 0.3 is 0 Å². The molecule has 0 aliphatic rings. The summed E-state index contributed by atoms with van der Waals surface area (Å²) in [4.78, 5) is 1.98. The number of nitriles is 1. The molecule has 0 aliphatic carbocycles. The van der Waals surface area contributed by atoms with Gasteiger partial charge < -0.3 is 10.0 Å². The molecule has 0 saturated heterocycles. The minimum Gasteiger partial charge on any atom is -0.389 e. The van der Waals surface area contributed by atoms with Crippen molar-refractivity contribution in [3.05, 3.63) is 59.7 Å². The molecule has 3 heteroatoms. The van der Waals surface area contributed by atoms with Crippen molar-refractivity contribution in [1.29, 1.82) is 5.26 Å². The van der Waals surface area contributed by atoms with Crippen molar-refractivity contribution < 1.29 is 5.11 Å². The van der Waals surface area contributed by atoms with Crippen LogP contribution in [0.2, 0.25) is 0 Å². The molecule has 19 heavy (non-hydrogen) atoms. The van der Waals surface area contributed by atoms with Gasteiger partial charge in [-0.15, -0.1) is 0 Å². The van der Waals surface area contributed by atoms with Crippen LogP contribution in [0.3, 0.4) is 0 Å². The molecular weight excluding hydrogens is 236 g/mol. The Morgan fingerprint density at radius 3 is 2.42 bits per heavy atom. The zero-order valence-electron chi connectivity index (χ0n) is 11.0. The normalized spacial score (nSPS) is 11.7. The molecule has 0 aromatic heterocycles. The standard InChI is InChI=1S/C16H16N2O/c1-12(19)15-9-8-13(11-17)10-16(15)18(2)14-6-4-3-5-7-14/h3-10,12,19H,1-2H3. The topological polar surface area (TPSA) is 47.3 Å². The monoisotopic (exact) mass is 252 g/mol. The summed E-state index contributed by atoms with van der Waals surface area (Å²) in [5.74, 6) is 0. The number of aliphatic hydroxyl groups excluding tert-OH is 1. The largest absolute Gasteiger partial charge is 0.389 e. The quantitative estimate of drug-likeness (QED) is 0.911. The van der Waals surface area contributed by atoms with Crippen LogP contribution in [-0.4, -0.2) is 12.2 Å². The second-order valence-corrected chi connectivity index (χ2v) is 4.46. The van der Waals surface area contributed by atoms with Crippen molar-refractivity contribution in [1.82, 2.24) is 0 Å². The van der Waals surface area contributed by atoms with Gasteiger partial charge in [0.15, 0.2) is 0 Å². The van der Waals surface area contributed by atoms with Gasteiger partial charge in [0, 0.05) is 24.0 Å². The van der Waals surface area contributed by atoms with Crippen molar-refractivity contribution in [2.45, 2.75) is 13.0 Å². The van der Waals surface area contributed by atoms with E-state index >= 15 is 0 Å². The van der Waals surface area contributed by atoms with Crippen LogP contribution < -0.4 is 4.90 Å².